The molecule has 0 aliphatic carbocycles. The number of aromatic amines is 1. The molecule has 0 saturated carbocycles. The summed E-state index contributed by atoms with van der Waals surface area (Å²) >= 11 is 0. The fraction of sp³-hybridized carbons (Fsp3) is 0.300. The molecule has 1 aromatic heterocycles. The zero-order chi connectivity index (χ0) is 33.0. The molecule has 3 N–H and O–H groups in total. The molecule has 244 valence electrons. The van der Waals surface area contributed by atoms with Gasteiger partial charge in [-0.05, 0) is 23.9 Å². The predicted octanol–water partition coefficient (Wildman–Crippen LogP) is 4.04. The molecule has 0 amide bonds. The minimum atomic E-state index is -4.95. The van der Waals surface area contributed by atoms with Crippen LogP contribution in [0, 0.1) is 5.82 Å². The molecule has 0 spiro atoms. The summed E-state index contributed by atoms with van der Waals surface area (Å²) in [5.74, 6) is -2.29. The van der Waals surface area contributed by atoms with Crippen molar-refractivity contribution in [2.45, 2.75) is 57.0 Å². The molecule has 46 heavy (non-hydrogen) atoms. The number of fused-ring (bicyclic) bond motifs is 1. The molecule has 1 saturated heterocycles. The first-order valence-electron chi connectivity index (χ1n) is 14.0. The number of H-pyrrole nitrogens is 1. The van der Waals surface area contributed by atoms with Crippen molar-refractivity contribution in [2.75, 3.05) is 0 Å². The van der Waals surface area contributed by atoms with Crippen molar-refractivity contribution in [3.63, 3.8) is 0 Å². The van der Waals surface area contributed by atoms with E-state index in [0.717, 1.165) is 0 Å². The van der Waals surface area contributed by atoms with E-state index in [9.17, 15) is 37.2 Å². The van der Waals surface area contributed by atoms with Crippen LogP contribution in [0.3, 0.4) is 0 Å². The van der Waals surface area contributed by atoms with Gasteiger partial charge in [-0.3, -0.25) is 23.7 Å². The maximum absolute atomic E-state index is 14.6. The topological polar surface area (TPSA) is 158 Å². The van der Waals surface area contributed by atoms with Crippen molar-refractivity contribution >= 4 is 24.5 Å². The van der Waals surface area contributed by atoms with E-state index < -0.39 is 74.2 Å². The van der Waals surface area contributed by atoms with Crippen molar-refractivity contribution in [1.82, 2.24) is 14.6 Å². The van der Waals surface area contributed by atoms with Crippen molar-refractivity contribution < 1.29 is 46.2 Å². The lowest BCUT2D eigenvalue weighted by Crippen LogP contribution is -2.44. The Bertz CT molecular complexity index is 1850. The van der Waals surface area contributed by atoms with Crippen LogP contribution in [0.15, 0.2) is 88.6 Å². The summed E-state index contributed by atoms with van der Waals surface area (Å²) in [6.07, 6.45) is -11.0. The Hall–Kier alpha value is -4.27. The second-order valence-corrected chi connectivity index (χ2v) is 12.1. The largest absolute Gasteiger partial charge is 0.460 e. The van der Waals surface area contributed by atoms with E-state index in [4.69, 9.17) is 18.5 Å². The third-order valence-corrected chi connectivity index (χ3v) is 8.76. The van der Waals surface area contributed by atoms with Gasteiger partial charge in [0.1, 0.15) is 30.7 Å². The lowest BCUT2D eigenvalue weighted by atomic mass is 10.1. The molecular weight excluding hydrogens is 634 g/mol. The molecule has 6 atom stereocenters. The molecule has 5 rings (SSSR count). The summed E-state index contributed by atoms with van der Waals surface area (Å²) in [6.45, 7) is 1.14. The summed E-state index contributed by atoms with van der Waals surface area (Å²) in [7, 11) is -4.95. The average Bonchev–Trinajstić information content (AvgIpc) is 3.41. The second kappa shape index (κ2) is 14.0. The molecule has 4 aromatic rings. The standard InChI is InChI=1S/C30H29F3N3O9P/c1-17(29(39)42-16-18-8-3-2-4-9-18)35-46(41,44-23-13-7-11-19-10-5-6-12-20(19)23)45-26(27(32)33)25-22(37)14-24(43-25)36-15-21(31)28(38)34-30(36)40/h2-13,15,17,22,24-27,37H,14,16H2,1H3,(H,35,41)(H,34,38,40)/t17-,22?,24+,25-,26-,46-/m0/s1. The van der Waals surface area contributed by atoms with Gasteiger partial charge < -0.3 is 19.1 Å². The first-order valence-corrected chi connectivity index (χ1v) is 15.5. The van der Waals surface area contributed by atoms with Crippen molar-refractivity contribution in [3.05, 3.63) is 111 Å². The Morgan fingerprint density at radius 3 is 2.54 bits per heavy atom. The summed E-state index contributed by atoms with van der Waals surface area (Å²) in [5, 5.41) is 14.1. The second-order valence-electron chi connectivity index (χ2n) is 10.4. The molecule has 1 fully saturated rings. The third kappa shape index (κ3) is 7.57. The highest BCUT2D eigenvalue weighted by molar-refractivity contribution is 7.52. The SMILES string of the molecule is C[C@H](N[P@](=O)(Oc1cccc2ccccc12)O[C@H](C(F)F)[C@H]1O[C@@H](n2cc(F)c(=O)[nH]c2=O)CC1O)C(=O)OCc1ccccc1. The Morgan fingerprint density at radius 2 is 1.80 bits per heavy atom. The highest BCUT2D eigenvalue weighted by Crippen LogP contribution is 2.50. The maximum Gasteiger partial charge on any atom is 0.460 e. The molecule has 1 aliphatic rings. The minimum absolute atomic E-state index is 0.0344. The number of hydrogen-bond acceptors (Lipinski definition) is 9. The summed E-state index contributed by atoms with van der Waals surface area (Å²) in [5.41, 5.74) is -1.76. The van der Waals surface area contributed by atoms with E-state index in [1.54, 1.807) is 71.7 Å². The first kappa shape index (κ1) is 33.1. The highest BCUT2D eigenvalue weighted by atomic mass is 31.2. The lowest BCUT2D eigenvalue weighted by Gasteiger charge is -2.30. The Morgan fingerprint density at radius 1 is 1.11 bits per heavy atom. The first-order chi connectivity index (χ1) is 21.9. The van der Waals surface area contributed by atoms with Gasteiger partial charge in [0, 0.05) is 11.8 Å². The number of carbonyl (C=O) groups excluding carboxylic acids is 1. The van der Waals surface area contributed by atoms with Crippen LogP contribution in [0.1, 0.15) is 25.1 Å². The van der Waals surface area contributed by atoms with Gasteiger partial charge in [0.25, 0.3) is 12.0 Å². The number of aromatic nitrogens is 2. The van der Waals surface area contributed by atoms with Gasteiger partial charge in [-0.1, -0.05) is 66.7 Å². The highest BCUT2D eigenvalue weighted by Gasteiger charge is 2.49. The Labute approximate surface area is 259 Å². The van der Waals surface area contributed by atoms with Gasteiger partial charge in [-0.15, -0.1) is 0 Å². The van der Waals surface area contributed by atoms with E-state index in [1.165, 1.54) is 13.0 Å². The number of ether oxygens (including phenoxy) is 2. The van der Waals surface area contributed by atoms with Crippen LogP contribution in [0.5, 0.6) is 5.75 Å². The molecule has 2 heterocycles. The molecule has 3 aromatic carbocycles. The Balaban J connectivity index is 1.42. The van der Waals surface area contributed by atoms with Crippen LogP contribution in [0.4, 0.5) is 13.2 Å². The van der Waals surface area contributed by atoms with Gasteiger partial charge in [0.2, 0.25) is 5.82 Å². The number of nitrogens with one attached hydrogen (secondary N) is 2. The number of aliphatic hydroxyl groups excluding tert-OH is 1. The van der Waals surface area contributed by atoms with Gasteiger partial charge >= 0.3 is 19.4 Å². The lowest BCUT2D eigenvalue weighted by molar-refractivity contribution is -0.146. The molecule has 0 bridgehead atoms. The van der Waals surface area contributed by atoms with Crippen LogP contribution in [0.25, 0.3) is 10.8 Å². The summed E-state index contributed by atoms with van der Waals surface area (Å²) in [6, 6.07) is 18.8. The van der Waals surface area contributed by atoms with Crippen LogP contribution in [0.2, 0.25) is 0 Å². The van der Waals surface area contributed by atoms with Crippen molar-refractivity contribution in [2.24, 2.45) is 0 Å². The number of halogens is 3. The number of benzene rings is 3. The zero-order valence-corrected chi connectivity index (χ0v) is 25.0. The van der Waals surface area contributed by atoms with Gasteiger partial charge in [-0.25, -0.2) is 18.1 Å². The van der Waals surface area contributed by atoms with Crippen molar-refractivity contribution in [3.8, 4) is 5.75 Å². The fourth-order valence-electron chi connectivity index (χ4n) is 4.85. The number of rotatable bonds is 12. The van der Waals surface area contributed by atoms with E-state index in [-0.39, 0.29) is 12.4 Å². The molecular formula is C30H29F3N3O9P. The number of nitrogens with zero attached hydrogens (tertiary/aromatic N) is 1. The third-order valence-electron chi connectivity index (χ3n) is 7.10. The van der Waals surface area contributed by atoms with E-state index >= 15 is 0 Å². The van der Waals surface area contributed by atoms with Crippen LogP contribution in [-0.4, -0.2) is 51.4 Å². The van der Waals surface area contributed by atoms with E-state index in [0.29, 0.717) is 27.1 Å². The van der Waals surface area contributed by atoms with Crippen LogP contribution >= 0.6 is 7.75 Å². The normalized spacial score (nSPS) is 20.7. The molecule has 1 unspecified atom stereocenters. The van der Waals surface area contributed by atoms with Crippen LogP contribution in [-0.2, 0) is 30.0 Å². The van der Waals surface area contributed by atoms with E-state index in [2.05, 4.69) is 5.09 Å². The minimum Gasteiger partial charge on any atom is -0.460 e. The monoisotopic (exact) mass is 663 g/mol. The van der Waals surface area contributed by atoms with E-state index in [1.807, 2.05) is 0 Å². The zero-order valence-electron chi connectivity index (χ0n) is 24.1. The van der Waals surface area contributed by atoms with Crippen molar-refractivity contribution in [1.29, 1.82) is 0 Å². The molecule has 16 heteroatoms. The van der Waals surface area contributed by atoms with Gasteiger partial charge in [0.05, 0.1) is 12.3 Å². The quantitative estimate of drug-likeness (QED) is 0.149. The van der Waals surface area contributed by atoms with Gasteiger partial charge in [0.15, 0.2) is 6.10 Å². The fourth-order valence-corrected chi connectivity index (χ4v) is 6.54. The molecule has 1 aliphatic heterocycles. The number of alkyl halides is 2. The molecule has 0 radical (unpaired) electrons. The maximum atomic E-state index is 14.6. The van der Waals surface area contributed by atoms with Gasteiger partial charge in [-0.2, -0.15) is 9.48 Å². The number of hydrogen-bond donors (Lipinski definition) is 3. The summed E-state index contributed by atoms with van der Waals surface area (Å²) < 4.78 is 79.9. The summed E-state index contributed by atoms with van der Waals surface area (Å²) in [4.78, 5) is 38.2. The number of carbonyl (C=O) groups is 1. The predicted molar refractivity (Wildman–Crippen MR) is 158 cm³/mol. The smallest absolute Gasteiger partial charge is 0.460 e. The number of aliphatic hydroxyl groups is 1. The van der Waals surface area contributed by atoms with Crippen LogP contribution < -0.4 is 20.9 Å². The average molecular weight is 664 g/mol. The molecule has 12 nitrogen and oxygen atoms in total. The Kier molecular flexibility index (Phi) is 10.1. The number of esters is 1.